The Hall–Kier alpha value is -3.16. The molecule has 156 valence electrons. The van der Waals surface area contributed by atoms with Crippen LogP contribution in [0.5, 0.6) is 11.5 Å². The van der Waals surface area contributed by atoms with E-state index in [9.17, 15) is 14.7 Å². The second kappa shape index (κ2) is 7.51. The standard InChI is InChI=1S/C24H18BrNO5/c25-17-5-3-4-16(11-17)20(27)12-24(29)18-6-1-2-7-19(18)26(23(24)28)13-15-8-9-21-22(10-15)31-14-30-21/h1-11,29H,12-14H2/t24-/m1/s1. The van der Waals surface area contributed by atoms with E-state index in [0.29, 0.717) is 28.3 Å². The topological polar surface area (TPSA) is 76.1 Å². The third kappa shape index (κ3) is 3.40. The number of fused-ring (bicyclic) bond motifs is 2. The Labute approximate surface area is 187 Å². The number of ketones is 1. The van der Waals surface area contributed by atoms with Gasteiger partial charge in [0, 0.05) is 15.6 Å². The number of anilines is 1. The van der Waals surface area contributed by atoms with Crippen LogP contribution in [-0.4, -0.2) is 23.6 Å². The SMILES string of the molecule is O=C(C[C@]1(O)C(=O)N(Cc2ccc3c(c2)OCO3)c2ccccc21)c1cccc(Br)c1. The van der Waals surface area contributed by atoms with Crippen LogP contribution in [0.25, 0.3) is 0 Å². The monoisotopic (exact) mass is 479 g/mol. The summed E-state index contributed by atoms with van der Waals surface area (Å²) in [5, 5.41) is 11.4. The fraction of sp³-hybridized carbons (Fsp3) is 0.167. The molecule has 6 nitrogen and oxygen atoms in total. The number of halogens is 1. The lowest BCUT2D eigenvalue weighted by atomic mass is 9.88. The summed E-state index contributed by atoms with van der Waals surface area (Å²) in [6.45, 7) is 0.404. The smallest absolute Gasteiger partial charge is 0.264 e. The van der Waals surface area contributed by atoms with E-state index >= 15 is 0 Å². The number of carbonyl (C=O) groups is 2. The molecule has 0 aliphatic carbocycles. The lowest BCUT2D eigenvalue weighted by Gasteiger charge is -2.23. The third-order valence-electron chi connectivity index (χ3n) is 5.58. The molecule has 0 unspecified atom stereocenters. The van der Waals surface area contributed by atoms with Crippen LogP contribution < -0.4 is 14.4 Å². The lowest BCUT2D eigenvalue weighted by Crippen LogP contribution is -2.41. The van der Waals surface area contributed by atoms with Crippen molar-refractivity contribution in [2.75, 3.05) is 11.7 Å². The van der Waals surface area contributed by atoms with Gasteiger partial charge in [0.2, 0.25) is 6.79 Å². The molecule has 5 rings (SSSR count). The van der Waals surface area contributed by atoms with Gasteiger partial charge >= 0.3 is 0 Å². The Morgan fingerprint density at radius 3 is 2.68 bits per heavy atom. The van der Waals surface area contributed by atoms with Crippen molar-refractivity contribution in [1.29, 1.82) is 0 Å². The molecule has 0 bridgehead atoms. The molecule has 7 heteroatoms. The number of rotatable bonds is 5. The van der Waals surface area contributed by atoms with Crippen LogP contribution in [0.15, 0.2) is 71.2 Å². The summed E-state index contributed by atoms with van der Waals surface area (Å²) in [6.07, 6.45) is -0.336. The van der Waals surface area contributed by atoms with Crippen LogP contribution >= 0.6 is 15.9 Å². The second-order valence-corrected chi connectivity index (χ2v) is 8.48. The van der Waals surface area contributed by atoms with E-state index in [0.717, 1.165) is 10.0 Å². The van der Waals surface area contributed by atoms with Crippen LogP contribution in [0.4, 0.5) is 5.69 Å². The first-order chi connectivity index (χ1) is 15.0. The van der Waals surface area contributed by atoms with Gasteiger partial charge in [0.05, 0.1) is 18.7 Å². The minimum atomic E-state index is -1.92. The van der Waals surface area contributed by atoms with Crippen molar-refractivity contribution >= 4 is 33.3 Å². The highest BCUT2D eigenvalue weighted by Gasteiger charge is 2.50. The molecule has 1 N–H and O–H groups in total. The molecule has 2 aliphatic rings. The van der Waals surface area contributed by atoms with Crippen LogP contribution in [-0.2, 0) is 16.9 Å². The van der Waals surface area contributed by atoms with Crippen molar-refractivity contribution in [1.82, 2.24) is 0 Å². The van der Waals surface area contributed by atoms with Gasteiger partial charge in [-0.25, -0.2) is 0 Å². The van der Waals surface area contributed by atoms with E-state index in [4.69, 9.17) is 9.47 Å². The van der Waals surface area contributed by atoms with Crippen LogP contribution in [0.1, 0.15) is 27.9 Å². The van der Waals surface area contributed by atoms with Crippen LogP contribution in [0.2, 0.25) is 0 Å². The lowest BCUT2D eigenvalue weighted by molar-refractivity contribution is -0.136. The molecule has 0 saturated carbocycles. The number of benzene rings is 3. The molecule has 0 fully saturated rings. The zero-order valence-corrected chi connectivity index (χ0v) is 18.0. The largest absolute Gasteiger partial charge is 0.454 e. The van der Waals surface area contributed by atoms with Crippen molar-refractivity contribution < 1.29 is 24.2 Å². The summed E-state index contributed by atoms with van der Waals surface area (Å²) in [6, 6.07) is 19.4. The minimum Gasteiger partial charge on any atom is -0.454 e. The highest BCUT2D eigenvalue weighted by molar-refractivity contribution is 9.10. The zero-order chi connectivity index (χ0) is 21.6. The predicted octanol–water partition coefficient (Wildman–Crippen LogP) is 4.19. The van der Waals surface area contributed by atoms with E-state index in [1.54, 1.807) is 48.5 Å². The van der Waals surface area contributed by atoms with Crippen molar-refractivity contribution in [3.8, 4) is 11.5 Å². The highest BCUT2D eigenvalue weighted by Crippen LogP contribution is 2.44. The maximum Gasteiger partial charge on any atom is 0.264 e. The fourth-order valence-corrected chi connectivity index (χ4v) is 4.45. The van der Waals surface area contributed by atoms with Gasteiger partial charge in [-0.1, -0.05) is 52.3 Å². The second-order valence-electron chi connectivity index (χ2n) is 7.57. The first-order valence-corrected chi connectivity index (χ1v) is 10.6. The summed E-state index contributed by atoms with van der Waals surface area (Å²) in [4.78, 5) is 27.9. The van der Waals surface area contributed by atoms with Crippen LogP contribution in [0, 0.1) is 0 Å². The molecule has 0 aromatic heterocycles. The number of hydrogen-bond acceptors (Lipinski definition) is 5. The van der Waals surface area contributed by atoms with E-state index in [1.165, 1.54) is 4.90 Å². The van der Waals surface area contributed by atoms with Crippen LogP contribution in [0.3, 0.4) is 0 Å². The molecule has 0 saturated heterocycles. The molecular formula is C24H18BrNO5. The summed E-state index contributed by atoms with van der Waals surface area (Å²) < 4.78 is 11.5. The Morgan fingerprint density at radius 2 is 1.84 bits per heavy atom. The number of amides is 1. The Bertz CT molecular complexity index is 1210. The molecule has 2 aliphatic heterocycles. The van der Waals surface area contributed by atoms with Gasteiger partial charge in [-0.2, -0.15) is 0 Å². The number of carbonyl (C=O) groups excluding carboxylic acids is 2. The average molecular weight is 480 g/mol. The van der Waals surface area contributed by atoms with E-state index < -0.39 is 11.5 Å². The molecule has 2 heterocycles. The normalized spacial score (nSPS) is 18.9. The van der Waals surface area contributed by atoms with E-state index in [1.807, 2.05) is 18.2 Å². The average Bonchev–Trinajstić information content (AvgIpc) is 3.31. The minimum absolute atomic E-state index is 0.168. The fourth-order valence-electron chi connectivity index (χ4n) is 4.05. The van der Waals surface area contributed by atoms with Crippen molar-refractivity contribution in [3.05, 3.63) is 87.9 Å². The molecular weight excluding hydrogens is 462 g/mol. The van der Waals surface area contributed by atoms with Gasteiger partial charge in [-0.3, -0.25) is 9.59 Å². The van der Waals surface area contributed by atoms with Crippen molar-refractivity contribution in [3.63, 3.8) is 0 Å². The number of hydrogen-bond donors (Lipinski definition) is 1. The van der Waals surface area contributed by atoms with E-state index in [2.05, 4.69) is 15.9 Å². The van der Waals surface area contributed by atoms with Gasteiger partial charge in [0.25, 0.3) is 5.91 Å². The van der Waals surface area contributed by atoms with Gasteiger partial charge in [0.1, 0.15) is 0 Å². The highest BCUT2D eigenvalue weighted by atomic mass is 79.9. The van der Waals surface area contributed by atoms with Crippen molar-refractivity contribution in [2.24, 2.45) is 0 Å². The van der Waals surface area contributed by atoms with E-state index in [-0.39, 0.29) is 25.5 Å². The van der Waals surface area contributed by atoms with Gasteiger partial charge < -0.3 is 19.5 Å². The molecule has 3 aromatic rings. The van der Waals surface area contributed by atoms with Gasteiger partial charge in [0.15, 0.2) is 22.9 Å². The first kappa shape index (κ1) is 19.8. The third-order valence-corrected chi connectivity index (χ3v) is 6.07. The molecule has 3 aromatic carbocycles. The summed E-state index contributed by atoms with van der Waals surface area (Å²) in [5.74, 6) is 0.456. The Balaban J connectivity index is 1.47. The molecule has 1 atom stereocenters. The van der Waals surface area contributed by atoms with Crippen molar-refractivity contribution in [2.45, 2.75) is 18.6 Å². The number of para-hydroxylation sites is 1. The van der Waals surface area contributed by atoms with Gasteiger partial charge in [-0.15, -0.1) is 0 Å². The number of nitrogens with zero attached hydrogens (tertiary/aromatic N) is 1. The number of aliphatic hydroxyl groups is 1. The molecule has 0 radical (unpaired) electrons. The number of Topliss-reactive ketones (excluding diaryl/α,β-unsaturated/α-hetero) is 1. The summed E-state index contributed by atoms with van der Waals surface area (Å²) in [7, 11) is 0. The summed E-state index contributed by atoms with van der Waals surface area (Å²) >= 11 is 3.35. The Morgan fingerprint density at radius 1 is 1.03 bits per heavy atom. The zero-order valence-electron chi connectivity index (χ0n) is 16.4. The molecule has 31 heavy (non-hydrogen) atoms. The van der Waals surface area contributed by atoms with Gasteiger partial charge in [-0.05, 0) is 35.9 Å². The number of ether oxygens (including phenoxy) is 2. The maximum atomic E-state index is 13.4. The molecule has 1 amide bonds. The Kier molecular flexibility index (Phi) is 4.79. The quantitative estimate of drug-likeness (QED) is 0.555. The molecule has 0 spiro atoms. The maximum absolute atomic E-state index is 13.4. The summed E-state index contributed by atoms with van der Waals surface area (Å²) in [5.41, 5.74) is 0.364. The predicted molar refractivity (Wildman–Crippen MR) is 117 cm³/mol. The first-order valence-electron chi connectivity index (χ1n) is 9.77.